The van der Waals surface area contributed by atoms with E-state index in [1.54, 1.807) is 31.2 Å². The molecule has 1 aliphatic rings. The third-order valence-corrected chi connectivity index (χ3v) is 4.82. The molecule has 1 aliphatic heterocycles. The number of nitrogens with one attached hydrogen (secondary N) is 2. The second-order valence-corrected chi connectivity index (χ2v) is 7.02. The zero-order valence-corrected chi connectivity index (χ0v) is 15.8. The van der Waals surface area contributed by atoms with Gasteiger partial charge in [0.05, 0.1) is 6.54 Å². The summed E-state index contributed by atoms with van der Waals surface area (Å²) in [4.78, 5) is 38.0. The standard InChI is InChI=1S/C21H24N4O3/c1-21(22,17-5-3-2-4-6-17)20(28)24-13-15-7-9-16(10-8-15)19(27)25-12-11-23-18(26)14-25/h2-10H,11-14,22H2,1H3,(H,23,26)(H,24,28). The molecule has 146 valence electrons. The third kappa shape index (κ3) is 4.37. The number of hydrogen-bond acceptors (Lipinski definition) is 4. The highest BCUT2D eigenvalue weighted by Gasteiger charge is 2.30. The highest BCUT2D eigenvalue weighted by Crippen LogP contribution is 2.17. The fourth-order valence-corrected chi connectivity index (χ4v) is 3.04. The first-order valence-corrected chi connectivity index (χ1v) is 9.15. The van der Waals surface area contributed by atoms with Gasteiger partial charge in [0.15, 0.2) is 0 Å². The van der Waals surface area contributed by atoms with Crippen LogP contribution >= 0.6 is 0 Å². The van der Waals surface area contributed by atoms with Crippen molar-refractivity contribution < 1.29 is 14.4 Å². The Morgan fingerprint density at radius 3 is 2.46 bits per heavy atom. The predicted octanol–water partition coefficient (Wildman–Crippen LogP) is 0.749. The number of nitrogens with zero attached hydrogens (tertiary/aromatic N) is 1. The molecule has 7 heteroatoms. The van der Waals surface area contributed by atoms with Gasteiger partial charge in [0.1, 0.15) is 5.54 Å². The van der Waals surface area contributed by atoms with E-state index in [9.17, 15) is 14.4 Å². The van der Waals surface area contributed by atoms with Gasteiger partial charge < -0.3 is 21.3 Å². The summed E-state index contributed by atoms with van der Waals surface area (Å²) in [6.07, 6.45) is 0. The third-order valence-electron chi connectivity index (χ3n) is 4.82. The lowest BCUT2D eigenvalue weighted by Gasteiger charge is -2.26. The fourth-order valence-electron chi connectivity index (χ4n) is 3.04. The van der Waals surface area contributed by atoms with Gasteiger partial charge in [-0.15, -0.1) is 0 Å². The van der Waals surface area contributed by atoms with Crippen molar-refractivity contribution in [3.8, 4) is 0 Å². The molecule has 1 atom stereocenters. The van der Waals surface area contributed by atoms with Crippen LogP contribution < -0.4 is 16.4 Å². The molecule has 1 fully saturated rings. The zero-order valence-electron chi connectivity index (χ0n) is 15.8. The molecule has 0 saturated carbocycles. The number of hydrogen-bond donors (Lipinski definition) is 3. The summed E-state index contributed by atoms with van der Waals surface area (Å²) >= 11 is 0. The molecule has 0 aliphatic carbocycles. The zero-order chi connectivity index (χ0) is 20.1. The maximum atomic E-state index is 12.5. The minimum Gasteiger partial charge on any atom is -0.353 e. The summed E-state index contributed by atoms with van der Waals surface area (Å²) in [7, 11) is 0. The van der Waals surface area contributed by atoms with Crippen molar-refractivity contribution in [2.24, 2.45) is 5.73 Å². The average Bonchev–Trinajstić information content (AvgIpc) is 2.72. The lowest BCUT2D eigenvalue weighted by Crippen LogP contribution is -2.50. The molecule has 0 bridgehead atoms. The molecule has 1 unspecified atom stereocenters. The first kappa shape index (κ1) is 19.6. The van der Waals surface area contributed by atoms with E-state index in [-0.39, 0.29) is 24.3 Å². The highest BCUT2D eigenvalue weighted by atomic mass is 16.2. The first-order valence-electron chi connectivity index (χ1n) is 9.15. The number of carbonyl (C=O) groups is 3. The van der Waals surface area contributed by atoms with Crippen molar-refractivity contribution in [1.29, 1.82) is 0 Å². The van der Waals surface area contributed by atoms with Crippen molar-refractivity contribution in [3.63, 3.8) is 0 Å². The van der Waals surface area contributed by atoms with Crippen molar-refractivity contribution in [2.75, 3.05) is 19.6 Å². The van der Waals surface area contributed by atoms with Crippen molar-refractivity contribution in [1.82, 2.24) is 15.5 Å². The number of carbonyl (C=O) groups excluding carboxylic acids is 3. The number of amides is 3. The molecular weight excluding hydrogens is 356 g/mol. The monoisotopic (exact) mass is 380 g/mol. The van der Waals surface area contributed by atoms with Gasteiger partial charge in [-0.1, -0.05) is 42.5 Å². The topological polar surface area (TPSA) is 105 Å². The van der Waals surface area contributed by atoms with Crippen molar-refractivity contribution in [2.45, 2.75) is 19.0 Å². The Hall–Kier alpha value is -3.19. The minimum absolute atomic E-state index is 0.0746. The Labute approximate surface area is 163 Å². The van der Waals surface area contributed by atoms with E-state index in [2.05, 4.69) is 10.6 Å². The number of nitrogens with two attached hydrogens (primary N) is 1. The normalized spacial score (nSPS) is 16.1. The molecule has 0 spiro atoms. The molecule has 2 aromatic carbocycles. The van der Waals surface area contributed by atoms with Crippen LogP contribution in [-0.4, -0.2) is 42.3 Å². The maximum Gasteiger partial charge on any atom is 0.254 e. The Morgan fingerprint density at radius 1 is 1.14 bits per heavy atom. The lowest BCUT2D eigenvalue weighted by atomic mass is 9.92. The van der Waals surface area contributed by atoms with Crippen LogP contribution in [0, 0.1) is 0 Å². The van der Waals surface area contributed by atoms with Crippen LogP contribution in [0.4, 0.5) is 0 Å². The lowest BCUT2D eigenvalue weighted by molar-refractivity contribution is -0.126. The number of rotatable bonds is 5. The Morgan fingerprint density at radius 2 is 1.82 bits per heavy atom. The molecule has 1 heterocycles. The van der Waals surface area contributed by atoms with Gasteiger partial charge in [-0.25, -0.2) is 0 Å². The smallest absolute Gasteiger partial charge is 0.254 e. The van der Waals surface area contributed by atoms with E-state index in [0.717, 1.165) is 11.1 Å². The first-order chi connectivity index (χ1) is 13.4. The maximum absolute atomic E-state index is 12.5. The highest BCUT2D eigenvalue weighted by molar-refractivity contribution is 5.97. The summed E-state index contributed by atoms with van der Waals surface area (Å²) in [5.74, 6) is -0.607. The van der Waals surface area contributed by atoms with Gasteiger partial charge >= 0.3 is 0 Å². The summed E-state index contributed by atoms with van der Waals surface area (Å²) in [5, 5.41) is 5.54. The molecule has 7 nitrogen and oxygen atoms in total. The molecule has 3 amide bonds. The van der Waals surface area contributed by atoms with Crippen LogP contribution in [0.15, 0.2) is 54.6 Å². The van der Waals surface area contributed by atoms with Gasteiger partial charge in [-0.05, 0) is 30.2 Å². The Balaban J connectivity index is 1.59. The minimum atomic E-state index is -1.13. The second kappa shape index (κ2) is 8.22. The van der Waals surface area contributed by atoms with E-state index in [1.807, 2.05) is 30.3 Å². The van der Waals surface area contributed by atoms with Gasteiger partial charge in [0, 0.05) is 25.2 Å². The quantitative estimate of drug-likeness (QED) is 0.712. The van der Waals surface area contributed by atoms with Crippen molar-refractivity contribution in [3.05, 3.63) is 71.3 Å². The fraction of sp³-hybridized carbons (Fsp3) is 0.286. The van der Waals surface area contributed by atoms with Crippen LogP contribution in [0.3, 0.4) is 0 Å². The van der Waals surface area contributed by atoms with Crippen LogP contribution in [0.2, 0.25) is 0 Å². The van der Waals surface area contributed by atoms with Crippen LogP contribution in [0.5, 0.6) is 0 Å². The van der Waals surface area contributed by atoms with Gasteiger partial charge in [-0.3, -0.25) is 14.4 Å². The molecule has 3 rings (SSSR count). The summed E-state index contributed by atoms with van der Waals surface area (Å²) in [6.45, 7) is 3.02. The van der Waals surface area contributed by atoms with E-state index >= 15 is 0 Å². The molecule has 2 aromatic rings. The van der Waals surface area contributed by atoms with E-state index in [1.165, 1.54) is 4.90 Å². The largest absolute Gasteiger partial charge is 0.353 e. The SMILES string of the molecule is CC(N)(C(=O)NCc1ccc(C(=O)N2CCNC(=O)C2)cc1)c1ccccc1. The van der Waals surface area contributed by atoms with Gasteiger partial charge in [0.2, 0.25) is 11.8 Å². The van der Waals surface area contributed by atoms with Gasteiger partial charge in [0.25, 0.3) is 5.91 Å². The predicted molar refractivity (Wildman–Crippen MR) is 105 cm³/mol. The number of piperazine rings is 1. The molecule has 28 heavy (non-hydrogen) atoms. The number of benzene rings is 2. The van der Waals surface area contributed by atoms with Gasteiger partial charge in [-0.2, -0.15) is 0 Å². The van der Waals surface area contributed by atoms with E-state index < -0.39 is 5.54 Å². The van der Waals surface area contributed by atoms with Crippen molar-refractivity contribution >= 4 is 17.7 Å². The second-order valence-electron chi connectivity index (χ2n) is 7.02. The molecule has 4 N–H and O–H groups in total. The summed E-state index contributed by atoms with van der Waals surface area (Å²) < 4.78 is 0. The van der Waals surface area contributed by atoms with E-state index in [4.69, 9.17) is 5.73 Å². The molecular formula is C21H24N4O3. The van der Waals surface area contributed by atoms with Crippen LogP contribution in [0.1, 0.15) is 28.4 Å². The Kier molecular flexibility index (Phi) is 5.75. The average molecular weight is 380 g/mol. The molecule has 0 radical (unpaired) electrons. The summed E-state index contributed by atoms with van der Waals surface area (Å²) in [5.41, 5.74) is 7.17. The Bertz CT molecular complexity index is 863. The van der Waals surface area contributed by atoms with Crippen LogP contribution in [-0.2, 0) is 21.7 Å². The molecule has 0 aromatic heterocycles. The van der Waals surface area contributed by atoms with E-state index in [0.29, 0.717) is 25.2 Å². The van der Waals surface area contributed by atoms with Crippen LogP contribution in [0.25, 0.3) is 0 Å². The summed E-state index contributed by atoms with van der Waals surface area (Å²) in [6, 6.07) is 16.2. The molecule has 1 saturated heterocycles.